The van der Waals surface area contributed by atoms with Gasteiger partial charge < -0.3 is 5.11 Å². The first-order valence-electron chi connectivity index (χ1n) is 4.63. The van der Waals surface area contributed by atoms with Crippen LogP contribution in [0.4, 0.5) is 0 Å². The predicted octanol–water partition coefficient (Wildman–Crippen LogP) is 5.67. The molecule has 0 fully saturated rings. The van der Waals surface area contributed by atoms with E-state index in [-0.39, 0.29) is 5.75 Å². The van der Waals surface area contributed by atoms with Gasteiger partial charge in [-0.2, -0.15) is 0 Å². The Morgan fingerprint density at radius 3 is 1.94 bits per heavy atom. The first kappa shape index (κ1) is 12.8. The summed E-state index contributed by atoms with van der Waals surface area (Å²) >= 11 is 24.1. The van der Waals surface area contributed by atoms with Crippen molar-refractivity contribution in [3.8, 4) is 16.9 Å². The first-order valence-corrected chi connectivity index (χ1v) is 6.14. The van der Waals surface area contributed by atoms with Crippen LogP contribution < -0.4 is 0 Å². The Kier molecular flexibility index (Phi) is 3.74. The molecule has 0 aliphatic rings. The van der Waals surface area contributed by atoms with Crippen molar-refractivity contribution in [2.45, 2.75) is 0 Å². The van der Waals surface area contributed by atoms with E-state index in [9.17, 15) is 5.11 Å². The molecule has 0 spiro atoms. The van der Waals surface area contributed by atoms with Crippen molar-refractivity contribution in [3.63, 3.8) is 0 Å². The van der Waals surface area contributed by atoms with Gasteiger partial charge in [0.15, 0.2) is 0 Å². The Morgan fingerprint density at radius 1 is 0.824 bits per heavy atom. The summed E-state index contributed by atoms with van der Waals surface area (Å²) in [6.07, 6.45) is 0. The first-order chi connectivity index (χ1) is 8.00. The van der Waals surface area contributed by atoms with Crippen LogP contribution in [0.15, 0.2) is 30.3 Å². The van der Waals surface area contributed by atoms with Crippen LogP contribution in [-0.4, -0.2) is 5.11 Å². The third-order valence-corrected chi connectivity index (χ3v) is 3.82. The molecule has 2 rings (SSSR count). The number of phenols is 1. The summed E-state index contributed by atoms with van der Waals surface area (Å²) in [6, 6.07) is 8.03. The van der Waals surface area contributed by atoms with Crippen LogP contribution in [0.25, 0.3) is 11.1 Å². The second-order valence-electron chi connectivity index (χ2n) is 3.39. The molecule has 0 saturated heterocycles. The molecule has 2 aromatic rings. The Hall–Kier alpha value is -0.600. The number of phenolic OH excluding ortho intramolecular Hbond substituents is 1. The maximum Gasteiger partial charge on any atom is 0.116 e. The normalized spacial score (nSPS) is 10.6. The van der Waals surface area contributed by atoms with E-state index in [0.29, 0.717) is 31.2 Å². The summed E-state index contributed by atoms with van der Waals surface area (Å²) in [7, 11) is 0. The average molecular weight is 308 g/mol. The van der Waals surface area contributed by atoms with Gasteiger partial charge in [0.2, 0.25) is 0 Å². The number of halogens is 4. The van der Waals surface area contributed by atoms with E-state index < -0.39 is 0 Å². The highest BCUT2D eigenvalue weighted by molar-refractivity contribution is 6.50. The summed E-state index contributed by atoms with van der Waals surface area (Å²) < 4.78 is 0. The third kappa shape index (κ3) is 2.48. The van der Waals surface area contributed by atoms with Gasteiger partial charge in [-0.1, -0.05) is 58.5 Å². The zero-order chi connectivity index (χ0) is 12.6. The molecule has 1 N–H and O–H groups in total. The largest absolute Gasteiger partial charge is 0.508 e. The van der Waals surface area contributed by atoms with Gasteiger partial charge in [0.1, 0.15) is 5.75 Å². The standard InChI is InChI=1S/C12H6Cl4O/c13-8-5-9(14)12(16)10(11(8)15)6-2-1-3-7(17)4-6/h1-5,17H. The van der Waals surface area contributed by atoms with Crippen LogP contribution in [-0.2, 0) is 0 Å². The lowest BCUT2D eigenvalue weighted by molar-refractivity contribution is 0.475. The van der Waals surface area contributed by atoms with Crippen LogP contribution in [0.1, 0.15) is 0 Å². The quantitative estimate of drug-likeness (QED) is 0.673. The van der Waals surface area contributed by atoms with Crippen LogP contribution in [0, 0.1) is 0 Å². The summed E-state index contributed by atoms with van der Waals surface area (Å²) in [6.45, 7) is 0. The van der Waals surface area contributed by atoms with Crippen molar-refractivity contribution >= 4 is 46.4 Å². The number of benzene rings is 2. The molecule has 88 valence electrons. The molecule has 2 aromatic carbocycles. The molecule has 1 nitrogen and oxygen atoms in total. The van der Waals surface area contributed by atoms with Gasteiger partial charge in [-0.05, 0) is 23.8 Å². The molecule has 0 bridgehead atoms. The lowest BCUT2D eigenvalue weighted by Crippen LogP contribution is -1.84. The van der Waals surface area contributed by atoms with E-state index in [2.05, 4.69) is 0 Å². The van der Waals surface area contributed by atoms with Crippen molar-refractivity contribution in [3.05, 3.63) is 50.4 Å². The lowest BCUT2D eigenvalue weighted by atomic mass is 10.1. The van der Waals surface area contributed by atoms with E-state index in [1.54, 1.807) is 24.3 Å². The summed E-state index contributed by atoms with van der Waals surface area (Å²) in [4.78, 5) is 0. The van der Waals surface area contributed by atoms with Crippen molar-refractivity contribution in [2.24, 2.45) is 0 Å². The number of hydrogen-bond donors (Lipinski definition) is 1. The van der Waals surface area contributed by atoms with Crippen LogP contribution in [0.5, 0.6) is 5.75 Å². The molecule has 0 aliphatic heterocycles. The third-order valence-electron chi connectivity index (χ3n) is 2.25. The zero-order valence-electron chi connectivity index (χ0n) is 8.35. The minimum atomic E-state index is 0.116. The van der Waals surface area contributed by atoms with Gasteiger partial charge in [-0.15, -0.1) is 0 Å². The van der Waals surface area contributed by atoms with E-state index >= 15 is 0 Å². The molecule has 0 aliphatic carbocycles. The fraction of sp³-hybridized carbons (Fsp3) is 0. The van der Waals surface area contributed by atoms with E-state index in [1.165, 1.54) is 6.07 Å². The predicted molar refractivity (Wildman–Crippen MR) is 73.6 cm³/mol. The molecular weight excluding hydrogens is 302 g/mol. The van der Waals surface area contributed by atoms with Crippen molar-refractivity contribution in [1.82, 2.24) is 0 Å². The smallest absolute Gasteiger partial charge is 0.116 e. The van der Waals surface area contributed by atoms with Crippen molar-refractivity contribution < 1.29 is 5.11 Å². The highest BCUT2D eigenvalue weighted by atomic mass is 35.5. The van der Waals surface area contributed by atoms with Gasteiger partial charge in [0.25, 0.3) is 0 Å². The average Bonchev–Trinajstić information content (AvgIpc) is 2.27. The second-order valence-corrected chi connectivity index (χ2v) is 4.96. The fourth-order valence-corrected chi connectivity index (χ4v) is 2.52. The van der Waals surface area contributed by atoms with Crippen molar-refractivity contribution in [1.29, 1.82) is 0 Å². The van der Waals surface area contributed by atoms with Crippen LogP contribution >= 0.6 is 46.4 Å². The molecule has 0 saturated carbocycles. The lowest BCUT2D eigenvalue weighted by Gasteiger charge is -2.10. The Balaban J connectivity index is 2.75. The minimum Gasteiger partial charge on any atom is -0.508 e. The number of rotatable bonds is 1. The minimum absolute atomic E-state index is 0.116. The Morgan fingerprint density at radius 2 is 1.41 bits per heavy atom. The maximum absolute atomic E-state index is 9.44. The number of aromatic hydroxyl groups is 1. The Labute approximate surface area is 118 Å². The van der Waals surface area contributed by atoms with E-state index in [0.717, 1.165) is 0 Å². The van der Waals surface area contributed by atoms with Crippen LogP contribution in [0.3, 0.4) is 0 Å². The highest BCUT2D eigenvalue weighted by Crippen LogP contribution is 2.43. The highest BCUT2D eigenvalue weighted by Gasteiger charge is 2.15. The maximum atomic E-state index is 9.44. The molecule has 0 aromatic heterocycles. The molecule has 5 heteroatoms. The van der Waals surface area contributed by atoms with Gasteiger partial charge in [0, 0.05) is 5.56 Å². The van der Waals surface area contributed by atoms with Crippen LogP contribution in [0.2, 0.25) is 20.1 Å². The van der Waals surface area contributed by atoms with E-state index in [4.69, 9.17) is 46.4 Å². The molecule has 0 unspecified atom stereocenters. The van der Waals surface area contributed by atoms with Gasteiger partial charge in [-0.3, -0.25) is 0 Å². The van der Waals surface area contributed by atoms with Gasteiger partial charge in [0.05, 0.1) is 20.1 Å². The summed E-state index contributed by atoms with van der Waals surface area (Å²) in [5.74, 6) is 0.116. The molecule has 17 heavy (non-hydrogen) atoms. The van der Waals surface area contributed by atoms with E-state index in [1.807, 2.05) is 0 Å². The van der Waals surface area contributed by atoms with Gasteiger partial charge >= 0.3 is 0 Å². The molecule has 0 heterocycles. The monoisotopic (exact) mass is 306 g/mol. The van der Waals surface area contributed by atoms with Crippen molar-refractivity contribution in [2.75, 3.05) is 0 Å². The number of hydrogen-bond acceptors (Lipinski definition) is 1. The zero-order valence-corrected chi connectivity index (χ0v) is 11.4. The SMILES string of the molecule is Oc1cccc(-c2c(Cl)c(Cl)cc(Cl)c2Cl)c1. The fourth-order valence-electron chi connectivity index (χ4n) is 1.49. The molecular formula is C12H6Cl4O. The molecule has 0 radical (unpaired) electrons. The Bertz CT molecular complexity index is 555. The summed E-state index contributed by atoms with van der Waals surface area (Å²) in [5, 5.41) is 10.7. The molecule has 0 amide bonds. The van der Waals surface area contributed by atoms with Gasteiger partial charge in [-0.25, -0.2) is 0 Å². The molecule has 0 atom stereocenters. The second kappa shape index (κ2) is 4.95. The topological polar surface area (TPSA) is 20.2 Å². The summed E-state index contributed by atoms with van der Waals surface area (Å²) in [5.41, 5.74) is 1.17.